The topological polar surface area (TPSA) is 55.4 Å². The molecule has 0 heterocycles. The molecular weight excluding hydrogens is 218 g/mol. The Morgan fingerprint density at radius 1 is 1.29 bits per heavy atom. The van der Waals surface area contributed by atoms with Crippen molar-refractivity contribution < 1.29 is 14.3 Å². The zero-order valence-corrected chi connectivity index (χ0v) is 10.2. The fourth-order valence-electron chi connectivity index (χ4n) is 1.43. The van der Waals surface area contributed by atoms with Gasteiger partial charge in [0.15, 0.2) is 0 Å². The van der Waals surface area contributed by atoms with Crippen LogP contribution >= 0.6 is 0 Å². The number of hydrogen-bond donors (Lipinski definition) is 1. The van der Waals surface area contributed by atoms with Crippen LogP contribution in [0.2, 0.25) is 0 Å². The van der Waals surface area contributed by atoms with Gasteiger partial charge in [-0.15, -0.1) is 0 Å². The Morgan fingerprint density at radius 2 is 2.00 bits per heavy atom. The smallest absolute Gasteiger partial charge is 0.325 e. The molecule has 0 aromatic heterocycles. The minimum atomic E-state index is -0.411. The summed E-state index contributed by atoms with van der Waals surface area (Å²) in [6.07, 6.45) is 0.284. The van der Waals surface area contributed by atoms with Crippen LogP contribution in [0.5, 0.6) is 0 Å². The van der Waals surface area contributed by atoms with E-state index >= 15 is 0 Å². The molecule has 0 bridgehead atoms. The summed E-state index contributed by atoms with van der Waals surface area (Å²) in [6, 6.07) is 7.67. The van der Waals surface area contributed by atoms with Gasteiger partial charge in [-0.1, -0.05) is 24.3 Å². The van der Waals surface area contributed by atoms with Gasteiger partial charge in [0, 0.05) is 0 Å². The summed E-state index contributed by atoms with van der Waals surface area (Å²) in [5.74, 6) is -0.585. The predicted octanol–water partition coefficient (Wildman–Crippen LogP) is 1.22. The van der Waals surface area contributed by atoms with Gasteiger partial charge in [-0.05, 0) is 25.0 Å². The minimum absolute atomic E-state index is 0.0709. The lowest BCUT2D eigenvalue weighted by Crippen LogP contribution is -2.31. The molecular formula is C13H17NO3. The van der Waals surface area contributed by atoms with Crippen molar-refractivity contribution in [1.29, 1.82) is 0 Å². The largest absolute Gasteiger partial charge is 0.465 e. The Bertz CT molecular complexity index is 401. The van der Waals surface area contributed by atoms with E-state index in [0.717, 1.165) is 11.1 Å². The zero-order chi connectivity index (χ0) is 12.7. The van der Waals surface area contributed by atoms with Crippen LogP contribution in [0.15, 0.2) is 24.3 Å². The van der Waals surface area contributed by atoms with Crippen LogP contribution in [0.1, 0.15) is 18.1 Å². The first-order chi connectivity index (χ1) is 8.13. The number of aryl methyl sites for hydroxylation is 1. The van der Waals surface area contributed by atoms with Crippen molar-refractivity contribution in [1.82, 2.24) is 5.32 Å². The molecule has 92 valence electrons. The normalized spacial score (nSPS) is 9.76. The third-order valence-corrected chi connectivity index (χ3v) is 2.35. The molecule has 1 aromatic rings. The van der Waals surface area contributed by atoms with E-state index < -0.39 is 5.97 Å². The number of esters is 1. The van der Waals surface area contributed by atoms with Gasteiger partial charge in [0.05, 0.1) is 13.0 Å². The molecule has 0 atom stereocenters. The molecule has 0 unspecified atom stereocenters. The average molecular weight is 235 g/mol. The fraction of sp³-hybridized carbons (Fsp3) is 0.385. The van der Waals surface area contributed by atoms with Crippen LogP contribution in [-0.2, 0) is 20.7 Å². The van der Waals surface area contributed by atoms with Crippen LogP contribution < -0.4 is 5.32 Å². The molecule has 1 rings (SSSR count). The van der Waals surface area contributed by atoms with Crippen LogP contribution in [-0.4, -0.2) is 25.0 Å². The van der Waals surface area contributed by atoms with Gasteiger partial charge in [0.1, 0.15) is 6.54 Å². The van der Waals surface area contributed by atoms with Crippen molar-refractivity contribution >= 4 is 11.9 Å². The maximum atomic E-state index is 11.6. The van der Waals surface area contributed by atoms with Crippen LogP contribution in [0, 0.1) is 6.92 Å². The van der Waals surface area contributed by atoms with Crippen LogP contribution in [0.4, 0.5) is 0 Å². The van der Waals surface area contributed by atoms with Gasteiger partial charge < -0.3 is 10.1 Å². The van der Waals surface area contributed by atoms with Gasteiger partial charge in [-0.25, -0.2) is 0 Å². The Morgan fingerprint density at radius 3 is 2.65 bits per heavy atom. The van der Waals surface area contributed by atoms with Crippen molar-refractivity contribution in [3.63, 3.8) is 0 Å². The first-order valence-electron chi connectivity index (χ1n) is 5.60. The van der Waals surface area contributed by atoms with Crippen molar-refractivity contribution in [3.05, 3.63) is 35.4 Å². The van der Waals surface area contributed by atoms with Gasteiger partial charge in [-0.2, -0.15) is 0 Å². The maximum Gasteiger partial charge on any atom is 0.325 e. The van der Waals surface area contributed by atoms with Crippen molar-refractivity contribution in [3.8, 4) is 0 Å². The van der Waals surface area contributed by atoms with Gasteiger partial charge in [0.25, 0.3) is 0 Å². The summed E-state index contributed by atoms with van der Waals surface area (Å²) in [4.78, 5) is 22.6. The average Bonchev–Trinajstić information content (AvgIpc) is 2.30. The van der Waals surface area contributed by atoms with E-state index in [1.165, 1.54) is 0 Å². The lowest BCUT2D eigenvalue weighted by Gasteiger charge is -2.06. The van der Waals surface area contributed by atoms with Crippen LogP contribution in [0.25, 0.3) is 0 Å². The summed E-state index contributed by atoms with van der Waals surface area (Å²) in [6.45, 7) is 3.94. The molecule has 0 spiro atoms. The minimum Gasteiger partial charge on any atom is -0.465 e. The maximum absolute atomic E-state index is 11.6. The first-order valence-corrected chi connectivity index (χ1v) is 5.60. The molecule has 17 heavy (non-hydrogen) atoms. The lowest BCUT2D eigenvalue weighted by molar-refractivity contribution is -0.143. The molecule has 1 aromatic carbocycles. The summed E-state index contributed by atoms with van der Waals surface area (Å²) in [7, 11) is 0. The molecule has 4 nitrogen and oxygen atoms in total. The third kappa shape index (κ3) is 4.68. The van der Waals surface area contributed by atoms with Crippen molar-refractivity contribution in [2.75, 3.05) is 13.2 Å². The van der Waals surface area contributed by atoms with E-state index in [4.69, 9.17) is 4.74 Å². The van der Waals surface area contributed by atoms with E-state index in [-0.39, 0.29) is 18.9 Å². The zero-order valence-electron chi connectivity index (χ0n) is 10.2. The van der Waals surface area contributed by atoms with E-state index in [1.54, 1.807) is 6.92 Å². The van der Waals surface area contributed by atoms with Gasteiger partial charge >= 0.3 is 5.97 Å². The molecule has 0 aliphatic heterocycles. The highest BCUT2D eigenvalue weighted by Crippen LogP contribution is 2.07. The molecule has 0 aliphatic rings. The van der Waals surface area contributed by atoms with E-state index in [1.807, 2.05) is 31.2 Å². The first kappa shape index (κ1) is 13.2. The number of carbonyl (C=O) groups excluding carboxylic acids is 2. The number of hydrogen-bond acceptors (Lipinski definition) is 3. The van der Waals surface area contributed by atoms with Gasteiger partial charge in [-0.3, -0.25) is 9.59 Å². The molecule has 0 radical (unpaired) electrons. The molecule has 0 saturated heterocycles. The number of nitrogens with one attached hydrogen (secondary N) is 1. The van der Waals surface area contributed by atoms with E-state index in [9.17, 15) is 9.59 Å². The molecule has 4 heteroatoms. The van der Waals surface area contributed by atoms with E-state index in [2.05, 4.69) is 5.32 Å². The van der Waals surface area contributed by atoms with Crippen molar-refractivity contribution in [2.24, 2.45) is 0 Å². The monoisotopic (exact) mass is 235 g/mol. The Balaban J connectivity index is 2.40. The highest BCUT2D eigenvalue weighted by molar-refractivity contribution is 5.83. The third-order valence-electron chi connectivity index (χ3n) is 2.35. The Labute approximate surface area is 101 Å². The molecule has 1 N–H and O–H groups in total. The van der Waals surface area contributed by atoms with Crippen molar-refractivity contribution in [2.45, 2.75) is 20.3 Å². The lowest BCUT2D eigenvalue weighted by atomic mass is 10.1. The number of carbonyl (C=O) groups is 2. The van der Waals surface area contributed by atoms with E-state index in [0.29, 0.717) is 6.61 Å². The molecule has 0 saturated carbocycles. The summed E-state index contributed by atoms with van der Waals surface area (Å²) >= 11 is 0. The number of ether oxygens (including phenoxy) is 1. The Kier molecular flexibility index (Phi) is 5.20. The second-order valence-electron chi connectivity index (χ2n) is 3.69. The summed E-state index contributed by atoms with van der Waals surface area (Å²) in [5.41, 5.74) is 2.03. The molecule has 0 aliphatic carbocycles. The fourth-order valence-corrected chi connectivity index (χ4v) is 1.43. The highest BCUT2D eigenvalue weighted by Gasteiger charge is 2.07. The SMILES string of the molecule is CCOC(=O)CNC(=O)Cc1ccccc1C. The molecule has 1 amide bonds. The highest BCUT2D eigenvalue weighted by atomic mass is 16.5. The van der Waals surface area contributed by atoms with Crippen LogP contribution in [0.3, 0.4) is 0 Å². The number of amides is 1. The molecule has 0 fully saturated rings. The second-order valence-corrected chi connectivity index (χ2v) is 3.69. The quantitative estimate of drug-likeness (QED) is 0.781. The van der Waals surface area contributed by atoms with Gasteiger partial charge in [0.2, 0.25) is 5.91 Å². The number of benzene rings is 1. The summed E-state index contributed by atoms with van der Waals surface area (Å²) in [5, 5.41) is 2.53. The second kappa shape index (κ2) is 6.68. The Hall–Kier alpha value is -1.84. The number of rotatable bonds is 5. The summed E-state index contributed by atoms with van der Waals surface area (Å²) < 4.78 is 4.71. The predicted molar refractivity (Wildman–Crippen MR) is 64.5 cm³/mol. The standard InChI is InChI=1S/C13H17NO3/c1-3-17-13(16)9-14-12(15)8-11-7-5-4-6-10(11)2/h4-7H,3,8-9H2,1-2H3,(H,14,15).